The number of hydrogen-bond donors (Lipinski definition) is 3. The van der Waals surface area contributed by atoms with Gasteiger partial charge >= 0.3 is 0 Å². The molecule has 0 saturated carbocycles. The number of aliphatic hydroxyl groups excluding tert-OH is 2. The highest BCUT2D eigenvalue weighted by Crippen LogP contribution is 2.49. The summed E-state index contributed by atoms with van der Waals surface area (Å²) in [7, 11) is 0. The molecule has 0 bridgehead atoms. The Hall–Kier alpha value is -2.94. The summed E-state index contributed by atoms with van der Waals surface area (Å²) < 4.78 is 17.6. The lowest BCUT2D eigenvalue weighted by atomic mass is 9.80. The minimum Gasteiger partial charge on any atom is -0.396 e. The van der Waals surface area contributed by atoms with E-state index in [4.69, 9.17) is 9.47 Å². The molecule has 3 unspecified atom stereocenters. The molecule has 2 aliphatic heterocycles. The second kappa shape index (κ2) is 13.8. The van der Waals surface area contributed by atoms with Crippen molar-refractivity contribution in [3.05, 3.63) is 104 Å². The monoisotopic (exact) mass is 712 g/mol. The molecule has 4 heterocycles. The Balaban J connectivity index is 1.30. The molecule has 3 aromatic carbocycles. The number of benzene rings is 3. The Kier molecular flexibility index (Phi) is 9.62. The van der Waals surface area contributed by atoms with Crippen LogP contribution in [0.5, 0.6) is 0 Å². The first-order valence-electron chi connectivity index (χ1n) is 17.9. The fourth-order valence-corrected chi connectivity index (χ4v) is 9.41. The zero-order valence-electron chi connectivity index (χ0n) is 28.6. The maximum Gasteiger partial charge on any atom is 0.111 e. The average molecular weight is 714 g/mol. The lowest BCUT2D eigenvalue weighted by molar-refractivity contribution is -0.143. The van der Waals surface area contributed by atoms with Gasteiger partial charge in [-0.2, -0.15) is 0 Å². The Morgan fingerprint density at radius 1 is 0.875 bits per heavy atom. The molecule has 48 heavy (non-hydrogen) atoms. The van der Waals surface area contributed by atoms with Crippen LogP contribution in [0.3, 0.4) is 0 Å². The van der Waals surface area contributed by atoms with E-state index in [0.717, 1.165) is 61.7 Å². The summed E-state index contributed by atoms with van der Waals surface area (Å²) in [6, 6.07) is 21.9. The highest BCUT2D eigenvalue weighted by molar-refractivity contribution is 9.10. The summed E-state index contributed by atoms with van der Waals surface area (Å²) >= 11 is 3.75. The second-order valence-corrected chi connectivity index (χ2v) is 14.7. The largest absolute Gasteiger partial charge is 0.396 e. The van der Waals surface area contributed by atoms with Crippen LogP contribution in [0, 0.1) is 0 Å². The fourth-order valence-electron chi connectivity index (χ4n) is 8.91. The quantitative estimate of drug-likeness (QED) is 0.121. The molecule has 0 radical (unpaired) electrons. The van der Waals surface area contributed by atoms with Gasteiger partial charge < -0.3 is 29.2 Å². The van der Waals surface area contributed by atoms with E-state index in [-0.39, 0.29) is 19.3 Å². The lowest BCUT2D eigenvalue weighted by Gasteiger charge is -2.44. The van der Waals surface area contributed by atoms with E-state index >= 15 is 0 Å². The van der Waals surface area contributed by atoms with Gasteiger partial charge in [0.15, 0.2) is 0 Å². The van der Waals surface area contributed by atoms with Crippen molar-refractivity contribution in [2.75, 3.05) is 19.8 Å². The van der Waals surface area contributed by atoms with Crippen molar-refractivity contribution in [3.8, 4) is 0 Å². The van der Waals surface area contributed by atoms with E-state index < -0.39 is 11.2 Å². The van der Waals surface area contributed by atoms with Crippen molar-refractivity contribution < 1.29 is 19.7 Å². The number of aromatic nitrogens is 2. The van der Waals surface area contributed by atoms with Gasteiger partial charge in [-0.3, -0.25) is 0 Å². The van der Waals surface area contributed by atoms with Crippen LogP contribution in [0.4, 0.5) is 0 Å². The summed E-state index contributed by atoms with van der Waals surface area (Å²) in [6.45, 7) is 8.12. The Bertz CT molecular complexity index is 1910. The molecule has 0 fully saturated rings. The van der Waals surface area contributed by atoms with Crippen molar-refractivity contribution in [1.29, 1.82) is 0 Å². The molecule has 0 aliphatic carbocycles. The third-order valence-electron chi connectivity index (χ3n) is 11.2. The number of rotatable bonds is 12. The SMILES string of the molecule is CCc1cc(Br)cc2c3c([nH]c12)C(CCO)(CCC1Cc2c(n(Cc4ccccc4)c4c(CC)cccc24)C(CC)(CCO)O1)OCC3. The van der Waals surface area contributed by atoms with Crippen LogP contribution < -0.4 is 0 Å². The molecular formula is C41H49BrN2O4. The summed E-state index contributed by atoms with van der Waals surface area (Å²) in [4.78, 5) is 3.82. The average Bonchev–Trinajstić information content (AvgIpc) is 3.64. The number of halogens is 1. The molecule has 5 aromatic rings. The topological polar surface area (TPSA) is 79.6 Å². The second-order valence-electron chi connectivity index (χ2n) is 13.8. The normalized spacial score (nSPS) is 22.3. The first-order chi connectivity index (χ1) is 23.4. The minimum absolute atomic E-state index is 0.0466. The van der Waals surface area contributed by atoms with Crippen molar-refractivity contribution in [1.82, 2.24) is 9.55 Å². The van der Waals surface area contributed by atoms with Crippen molar-refractivity contribution >= 4 is 37.7 Å². The van der Waals surface area contributed by atoms with Crippen LogP contribution in [-0.2, 0) is 52.9 Å². The molecule has 7 rings (SSSR count). The number of H-pyrrole nitrogens is 1. The van der Waals surface area contributed by atoms with E-state index in [9.17, 15) is 10.2 Å². The number of ether oxygens (including phenoxy) is 2. The highest BCUT2D eigenvalue weighted by atomic mass is 79.9. The maximum absolute atomic E-state index is 10.5. The predicted octanol–water partition coefficient (Wildman–Crippen LogP) is 8.62. The van der Waals surface area contributed by atoms with E-state index in [1.165, 1.54) is 55.3 Å². The molecule has 0 saturated heterocycles. The summed E-state index contributed by atoms with van der Waals surface area (Å²) in [6.07, 6.45) is 6.82. The standard InChI is InChI=1S/C41H49BrN2O4/c1-4-28-13-10-14-32-35-25-31(48-40(6-3,18-20-45)39(35)44(37(28)32)26-27-11-8-7-9-12-27)15-17-41(19-21-46)38-33(16-22-47-41)34-24-30(42)23-29(5-2)36(34)43-38/h7-14,23-24,31,43,45-46H,4-6,15-22,25-26H2,1-3H3. The first-order valence-corrected chi connectivity index (χ1v) is 18.7. The first kappa shape index (κ1) is 33.6. The smallest absolute Gasteiger partial charge is 0.111 e. The Labute approximate surface area is 292 Å². The number of nitrogens with zero attached hydrogens (tertiary/aromatic N) is 1. The molecule has 7 heteroatoms. The van der Waals surface area contributed by atoms with E-state index in [1.54, 1.807) is 0 Å². The van der Waals surface area contributed by atoms with Gasteiger partial charge in [-0.1, -0.05) is 85.2 Å². The predicted molar refractivity (Wildman–Crippen MR) is 197 cm³/mol. The van der Waals surface area contributed by atoms with Gasteiger partial charge in [0.2, 0.25) is 0 Å². The third kappa shape index (κ3) is 5.66. The number of fused-ring (bicyclic) bond motifs is 6. The minimum atomic E-state index is -0.620. The maximum atomic E-state index is 10.5. The van der Waals surface area contributed by atoms with Crippen LogP contribution in [0.1, 0.15) is 92.1 Å². The summed E-state index contributed by atoms with van der Waals surface area (Å²) in [5.74, 6) is 0. The molecule has 3 N–H and O–H groups in total. The number of aryl methyl sites for hydroxylation is 2. The van der Waals surface area contributed by atoms with E-state index in [1.807, 2.05) is 0 Å². The summed E-state index contributed by atoms with van der Waals surface area (Å²) in [5.41, 5.74) is 10.1. The van der Waals surface area contributed by atoms with Crippen LogP contribution in [0.2, 0.25) is 0 Å². The number of nitrogens with one attached hydrogen (secondary N) is 1. The van der Waals surface area contributed by atoms with Crippen molar-refractivity contribution in [3.63, 3.8) is 0 Å². The number of hydrogen-bond acceptors (Lipinski definition) is 4. The van der Waals surface area contributed by atoms with E-state index in [2.05, 4.69) is 107 Å². The molecule has 254 valence electrons. The van der Waals surface area contributed by atoms with Gasteiger partial charge in [-0.25, -0.2) is 0 Å². The van der Waals surface area contributed by atoms with Gasteiger partial charge in [-0.15, -0.1) is 0 Å². The van der Waals surface area contributed by atoms with Crippen LogP contribution in [0.15, 0.2) is 65.1 Å². The summed E-state index contributed by atoms with van der Waals surface area (Å²) in [5, 5.41) is 23.5. The van der Waals surface area contributed by atoms with Gasteiger partial charge in [0, 0.05) is 59.8 Å². The molecule has 0 spiro atoms. The molecule has 2 aliphatic rings. The number of aromatic amines is 1. The lowest BCUT2D eigenvalue weighted by Crippen LogP contribution is -2.44. The van der Waals surface area contributed by atoms with E-state index in [0.29, 0.717) is 19.4 Å². The van der Waals surface area contributed by atoms with Gasteiger partial charge in [0.05, 0.1) is 29.6 Å². The highest BCUT2D eigenvalue weighted by Gasteiger charge is 2.46. The Morgan fingerprint density at radius 3 is 2.38 bits per heavy atom. The van der Waals surface area contributed by atoms with Gasteiger partial charge in [0.25, 0.3) is 0 Å². The van der Waals surface area contributed by atoms with Crippen LogP contribution >= 0.6 is 15.9 Å². The zero-order valence-corrected chi connectivity index (χ0v) is 30.2. The molecule has 0 amide bonds. The number of aliphatic hydroxyl groups is 2. The number of para-hydroxylation sites is 1. The van der Waals surface area contributed by atoms with Crippen molar-refractivity contribution in [2.45, 2.75) is 102 Å². The third-order valence-corrected chi connectivity index (χ3v) is 11.6. The molecule has 6 nitrogen and oxygen atoms in total. The Morgan fingerprint density at radius 2 is 1.65 bits per heavy atom. The fraction of sp³-hybridized carbons (Fsp3) is 0.463. The van der Waals surface area contributed by atoms with Gasteiger partial charge in [0.1, 0.15) is 11.2 Å². The molecular weight excluding hydrogens is 664 g/mol. The molecule has 3 atom stereocenters. The van der Waals surface area contributed by atoms with Gasteiger partial charge in [-0.05, 0) is 78.5 Å². The van der Waals surface area contributed by atoms with Crippen LogP contribution in [-0.4, -0.2) is 45.7 Å². The zero-order chi connectivity index (χ0) is 33.5. The van der Waals surface area contributed by atoms with Crippen molar-refractivity contribution in [2.24, 2.45) is 0 Å². The van der Waals surface area contributed by atoms with Crippen LogP contribution in [0.25, 0.3) is 21.8 Å². The molecule has 2 aromatic heterocycles.